The van der Waals surface area contributed by atoms with Gasteiger partial charge >= 0.3 is 0 Å². The zero-order valence-corrected chi connectivity index (χ0v) is 16.9. The van der Waals surface area contributed by atoms with E-state index >= 15 is 0 Å². The molecule has 0 spiro atoms. The minimum Gasteiger partial charge on any atom is -0.497 e. The molecule has 1 aliphatic heterocycles. The van der Waals surface area contributed by atoms with Crippen LogP contribution >= 0.6 is 0 Å². The second-order valence-electron chi connectivity index (χ2n) is 7.58. The normalized spacial score (nSPS) is 20.9. The van der Waals surface area contributed by atoms with E-state index in [0.29, 0.717) is 12.5 Å². The Morgan fingerprint density at radius 1 is 1.30 bits per heavy atom. The number of nitrogens with zero attached hydrogens (tertiary/aromatic N) is 3. The minimum absolute atomic E-state index is 0.0897. The Labute approximate surface area is 161 Å². The van der Waals surface area contributed by atoms with E-state index in [9.17, 15) is 4.79 Å². The first-order chi connectivity index (χ1) is 12.9. The van der Waals surface area contributed by atoms with Crippen LogP contribution in [-0.2, 0) is 18.3 Å². The number of hydrogen-bond acceptors (Lipinski definition) is 4. The number of nitrogens with one attached hydrogen (secondary N) is 1. The van der Waals surface area contributed by atoms with Crippen molar-refractivity contribution in [2.24, 2.45) is 13.0 Å². The smallest absolute Gasteiger partial charge is 0.223 e. The predicted molar refractivity (Wildman–Crippen MR) is 106 cm³/mol. The van der Waals surface area contributed by atoms with Gasteiger partial charge in [0.25, 0.3) is 0 Å². The third-order valence-electron chi connectivity index (χ3n) is 5.72. The van der Waals surface area contributed by atoms with Gasteiger partial charge in [-0.25, -0.2) is 0 Å². The van der Waals surface area contributed by atoms with Crippen molar-refractivity contribution in [2.75, 3.05) is 20.7 Å². The van der Waals surface area contributed by atoms with Crippen molar-refractivity contribution in [3.8, 4) is 5.75 Å². The standard InChI is InChI=1S/C21H30N4O2/c1-14(10-16-6-8-18(27-5)9-7-16)22-12-17-11-20(26)24(3)21(17)19-13-23-25(4)15(19)2/h6-9,13-14,17,21-22H,10-12H2,1-5H3/t14-,17+,21-/m1/s1. The lowest BCUT2D eigenvalue weighted by atomic mass is 9.93. The second kappa shape index (κ2) is 8.13. The van der Waals surface area contributed by atoms with Crippen LogP contribution < -0.4 is 10.1 Å². The molecule has 1 aliphatic rings. The molecule has 1 amide bonds. The van der Waals surface area contributed by atoms with Crippen LogP contribution in [0.5, 0.6) is 5.75 Å². The summed E-state index contributed by atoms with van der Waals surface area (Å²) in [6, 6.07) is 8.61. The Balaban J connectivity index is 1.62. The number of aryl methyl sites for hydroxylation is 1. The number of ether oxygens (including phenoxy) is 1. The fraction of sp³-hybridized carbons (Fsp3) is 0.524. The fourth-order valence-corrected chi connectivity index (χ4v) is 3.94. The maximum atomic E-state index is 12.3. The van der Waals surface area contributed by atoms with Crippen molar-refractivity contribution in [1.29, 1.82) is 0 Å². The Bertz CT molecular complexity index is 784. The van der Waals surface area contributed by atoms with Crippen LogP contribution in [0.2, 0.25) is 0 Å². The zero-order valence-electron chi connectivity index (χ0n) is 16.9. The van der Waals surface area contributed by atoms with Gasteiger partial charge in [-0.2, -0.15) is 5.10 Å². The molecule has 0 radical (unpaired) electrons. The molecule has 1 aromatic carbocycles. The number of amides is 1. The van der Waals surface area contributed by atoms with E-state index in [-0.39, 0.29) is 17.9 Å². The predicted octanol–water partition coefficient (Wildman–Crippen LogP) is 2.48. The van der Waals surface area contributed by atoms with Gasteiger partial charge in [0.1, 0.15) is 5.75 Å². The average molecular weight is 370 g/mol. The number of aromatic nitrogens is 2. The van der Waals surface area contributed by atoms with Crippen LogP contribution in [0.3, 0.4) is 0 Å². The maximum Gasteiger partial charge on any atom is 0.223 e. The number of rotatable bonds is 7. The Kier molecular flexibility index (Phi) is 5.85. The molecule has 1 N–H and O–H groups in total. The molecule has 1 saturated heterocycles. The molecule has 6 nitrogen and oxygen atoms in total. The largest absolute Gasteiger partial charge is 0.497 e. The van der Waals surface area contributed by atoms with Gasteiger partial charge in [-0.3, -0.25) is 9.48 Å². The van der Waals surface area contributed by atoms with Crippen molar-refractivity contribution < 1.29 is 9.53 Å². The van der Waals surface area contributed by atoms with Crippen molar-refractivity contribution in [2.45, 2.75) is 38.8 Å². The number of likely N-dealkylation sites (tertiary alicyclic amines) is 1. The highest BCUT2D eigenvalue weighted by atomic mass is 16.5. The molecule has 1 fully saturated rings. The lowest BCUT2D eigenvalue weighted by Gasteiger charge is -2.26. The number of methoxy groups -OCH3 is 1. The van der Waals surface area contributed by atoms with E-state index in [1.54, 1.807) is 7.11 Å². The number of hydrogen-bond donors (Lipinski definition) is 1. The molecule has 2 aromatic rings. The van der Waals surface area contributed by atoms with Crippen LogP contribution in [-0.4, -0.2) is 47.3 Å². The summed E-state index contributed by atoms with van der Waals surface area (Å²) >= 11 is 0. The molecule has 6 heteroatoms. The van der Waals surface area contributed by atoms with Gasteiger partial charge in [0.15, 0.2) is 0 Å². The molecule has 0 unspecified atom stereocenters. The highest BCUT2D eigenvalue weighted by molar-refractivity contribution is 5.79. The van der Waals surface area contributed by atoms with Gasteiger partial charge in [0, 0.05) is 50.3 Å². The van der Waals surface area contributed by atoms with E-state index in [0.717, 1.165) is 30.0 Å². The minimum atomic E-state index is 0.0897. The van der Waals surface area contributed by atoms with Crippen LogP contribution in [0.15, 0.2) is 30.5 Å². The lowest BCUT2D eigenvalue weighted by molar-refractivity contribution is -0.127. The summed E-state index contributed by atoms with van der Waals surface area (Å²) in [5.41, 5.74) is 3.55. The zero-order chi connectivity index (χ0) is 19.6. The van der Waals surface area contributed by atoms with Gasteiger partial charge in [-0.1, -0.05) is 12.1 Å². The number of benzene rings is 1. The average Bonchev–Trinajstić information content (AvgIpc) is 3.13. The van der Waals surface area contributed by atoms with Crippen LogP contribution in [0.25, 0.3) is 0 Å². The second-order valence-corrected chi connectivity index (χ2v) is 7.58. The number of carbonyl (C=O) groups excluding carboxylic acids is 1. The molecule has 3 rings (SSSR count). The van der Waals surface area contributed by atoms with Crippen molar-refractivity contribution in [3.63, 3.8) is 0 Å². The summed E-state index contributed by atoms with van der Waals surface area (Å²) in [6.45, 7) is 5.07. The molecular weight excluding hydrogens is 340 g/mol. The first kappa shape index (κ1) is 19.4. The molecule has 0 aliphatic carbocycles. The molecule has 27 heavy (non-hydrogen) atoms. The summed E-state index contributed by atoms with van der Waals surface area (Å²) in [7, 11) is 5.53. The van der Waals surface area contributed by atoms with Gasteiger partial charge in [0.05, 0.1) is 19.3 Å². The topological polar surface area (TPSA) is 59.4 Å². The molecular formula is C21H30N4O2. The van der Waals surface area contributed by atoms with Gasteiger partial charge in [-0.05, 0) is 38.0 Å². The van der Waals surface area contributed by atoms with E-state index in [4.69, 9.17) is 4.74 Å². The highest BCUT2D eigenvalue weighted by Crippen LogP contribution is 2.37. The lowest BCUT2D eigenvalue weighted by Crippen LogP contribution is -2.35. The Morgan fingerprint density at radius 3 is 2.59 bits per heavy atom. The molecule has 0 saturated carbocycles. The van der Waals surface area contributed by atoms with Gasteiger partial charge in [0.2, 0.25) is 5.91 Å². The molecule has 0 bridgehead atoms. The summed E-state index contributed by atoms with van der Waals surface area (Å²) in [5.74, 6) is 1.34. The SMILES string of the molecule is COc1ccc(C[C@@H](C)NC[C@@H]2CC(=O)N(C)[C@H]2c2cnn(C)c2C)cc1. The summed E-state index contributed by atoms with van der Waals surface area (Å²) in [4.78, 5) is 14.2. The summed E-state index contributed by atoms with van der Waals surface area (Å²) in [6.07, 6.45) is 3.43. The van der Waals surface area contributed by atoms with Crippen molar-refractivity contribution in [3.05, 3.63) is 47.3 Å². The van der Waals surface area contributed by atoms with Crippen molar-refractivity contribution >= 4 is 5.91 Å². The molecule has 1 aromatic heterocycles. The van der Waals surface area contributed by atoms with Gasteiger partial charge in [-0.15, -0.1) is 0 Å². The first-order valence-corrected chi connectivity index (χ1v) is 9.51. The Morgan fingerprint density at radius 2 is 2.00 bits per heavy atom. The van der Waals surface area contributed by atoms with E-state index in [1.165, 1.54) is 5.56 Å². The van der Waals surface area contributed by atoms with Crippen molar-refractivity contribution in [1.82, 2.24) is 20.0 Å². The third-order valence-corrected chi connectivity index (χ3v) is 5.72. The molecule has 146 valence electrons. The molecule has 2 heterocycles. The summed E-state index contributed by atoms with van der Waals surface area (Å²) in [5, 5.41) is 8.00. The monoisotopic (exact) mass is 370 g/mol. The fourth-order valence-electron chi connectivity index (χ4n) is 3.94. The molecule has 3 atom stereocenters. The third kappa shape index (κ3) is 4.16. The summed E-state index contributed by atoms with van der Waals surface area (Å²) < 4.78 is 7.09. The van der Waals surface area contributed by atoms with E-state index in [2.05, 4.69) is 36.4 Å². The Hall–Kier alpha value is -2.34. The van der Waals surface area contributed by atoms with E-state index < -0.39 is 0 Å². The first-order valence-electron chi connectivity index (χ1n) is 9.51. The maximum absolute atomic E-state index is 12.3. The van der Waals surface area contributed by atoms with Crippen LogP contribution in [0.4, 0.5) is 0 Å². The van der Waals surface area contributed by atoms with Crippen LogP contribution in [0, 0.1) is 12.8 Å². The number of carbonyl (C=O) groups is 1. The highest BCUT2D eigenvalue weighted by Gasteiger charge is 2.39. The van der Waals surface area contributed by atoms with Gasteiger partial charge < -0.3 is 15.0 Å². The quantitative estimate of drug-likeness (QED) is 0.813. The van der Waals surface area contributed by atoms with Crippen LogP contribution in [0.1, 0.15) is 36.2 Å². The van der Waals surface area contributed by atoms with E-state index in [1.807, 2.05) is 42.0 Å².